The SMILES string of the molecule is COc1ccc(C=CC(=O)OCCC(C)CCC=C(C)C)c(OC(=O)OCCC(C)CCC=C(C)C)c1. The van der Waals surface area contributed by atoms with E-state index in [0.29, 0.717) is 29.8 Å². The highest BCUT2D eigenvalue weighted by molar-refractivity contribution is 5.87. The van der Waals surface area contributed by atoms with E-state index in [0.717, 1.165) is 38.5 Å². The van der Waals surface area contributed by atoms with E-state index in [4.69, 9.17) is 18.9 Å². The number of rotatable bonds is 16. The first-order valence-corrected chi connectivity index (χ1v) is 13.2. The van der Waals surface area contributed by atoms with Crippen LogP contribution in [0.4, 0.5) is 4.79 Å². The maximum Gasteiger partial charge on any atom is 0.513 e. The molecule has 0 heterocycles. The fraction of sp³-hybridized carbons (Fsp3) is 0.548. The van der Waals surface area contributed by atoms with Gasteiger partial charge in [-0.3, -0.25) is 0 Å². The van der Waals surface area contributed by atoms with Crippen LogP contribution in [0.25, 0.3) is 6.08 Å². The summed E-state index contributed by atoms with van der Waals surface area (Å²) in [5, 5.41) is 0. The van der Waals surface area contributed by atoms with Gasteiger partial charge in [-0.1, -0.05) is 37.1 Å². The quantitative estimate of drug-likeness (QED) is 0.0956. The molecule has 0 fully saturated rings. The van der Waals surface area contributed by atoms with Crippen LogP contribution in [0.3, 0.4) is 0 Å². The number of hydrogen-bond donors (Lipinski definition) is 0. The molecule has 0 bridgehead atoms. The Morgan fingerprint density at radius 1 is 0.838 bits per heavy atom. The average Bonchev–Trinajstić information content (AvgIpc) is 2.82. The third-order valence-electron chi connectivity index (χ3n) is 5.92. The van der Waals surface area contributed by atoms with Gasteiger partial charge >= 0.3 is 12.1 Å². The molecule has 0 N–H and O–H groups in total. The standard InChI is InChI=1S/C31H46O6/c1-23(2)10-8-12-25(5)18-20-35-30(32)17-15-27-14-16-28(34-7)22-29(27)37-31(33)36-21-19-26(6)13-9-11-24(3)4/h10-11,14-17,22,25-26H,8-9,12-13,18-21H2,1-7H3. The number of methoxy groups -OCH3 is 1. The molecule has 0 saturated carbocycles. The van der Waals surface area contributed by atoms with Crippen LogP contribution in [0.1, 0.15) is 85.6 Å². The first kappa shape index (κ1) is 32.0. The second-order valence-corrected chi connectivity index (χ2v) is 10.1. The molecule has 1 aromatic rings. The minimum absolute atomic E-state index is 0.248. The van der Waals surface area contributed by atoms with Gasteiger partial charge in [0.15, 0.2) is 0 Å². The van der Waals surface area contributed by atoms with Crippen LogP contribution in [-0.2, 0) is 14.3 Å². The van der Waals surface area contributed by atoms with Gasteiger partial charge in [0.2, 0.25) is 0 Å². The molecular weight excluding hydrogens is 468 g/mol. The van der Waals surface area contributed by atoms with E-state index >= 15 is 0 Å². The molecule has 6 heteroatoms. The van der Waals surface area contributed by atoms with E-state index in [1.807, 2.05) is 0 Å². The van der Waals surface area contributed by atoms with Gasteiger partial charge in [-0.25, -0.2) is 9.59 Å². The monoisotopic (exact) mass is 514 g/mol. The Labute approximate surface area is 223 Å². The van der Waals surface area contributed by atoms with E-state index in [2.05, 4.69) is 53.7 Å². The molecule has 0 amide bonds. The first-order valence-electron chi connectivity index (χ1n) is 13.2. The zero-order valence-electron chi connectivity index (χ0n) is 23.8. The summed E-state index contributed by atoms with van der Waals surface area (Å²) in [6.45, 7) is 13.3. The van der Waals surface area contributed by atoms with Gasteiger partial charge in [-0.2, -0.15) is 0 Å². The van der Waals surface area contributed by atoms with Crippen molar-refractivity contribution in [3.63, 3.8) is 0 Å². The highest BCUT2D eigenvalue weighted by atomic mass is 16.7. The molecule has 0 spiro atoms. The van der Waals surface area contributed by atoms with Gasteiger partial charge in [0.1, 0.15) is 11.5 Å². The van der Waals surface area contributed by atoms with Crippen LogP contribution in [0.2, 0.25) is 0 Å². The van der Waals surface area contributed by atoms with E-state index in [1.165, 1.54) is 24.3 Å². The lowest BCUT2D eigenvalue weighted by Gasteiger charge is -2.12. The van der Waals surface area contributed by atoms with Crippen LogP contribution in [0.15, 0.2) is 47.6 Å². The highest BCUT2D eigenvalue weighted by Crippen LogP contribution is 2.26. The number of allylic oxidation sites excluding steroid dienone is 4. The number of esters is 1. The summed E-state index contributed by atoms with van der Waals surface area (Å²) >= 11 is 0. The molecule has 0 aromatic heterocycles. The van der Waals surface area contributed by atoms with Crippen LogP contribution in [0, 0.1) is 11.8 Å². The maximum absolute atomic E-state index is 12.3. The molecular formula is C31H46O6. The largest absolute Gasteiger partial charge is 0.513 e. The van der Waals surface area contributed by atoms with Crippen LogP contribution < -0.4 is 9.47 Å². The summed E-state index contributed by atoms with van der Waals surface area (Å²) in [5.41, 5.74) is 3.17. The number of ether oxygens (including phenoxy) is 4. The molecule has 0 aliphatic rings. The molecule has 6 nitrogen and oxygen atoms in total. The van der Waals surface area contributed by atoms with Crippen molar-refractivity contribution in [2.45, 2.75) is 80.1 Å². The fourth-order valence-electron chi connectivity index (χ4n) is 3.50. The normalized spacial score (nSPS) is 12.4. The second-order valence-electron chi connectivity index (χ2n) is 10.1. The Kier molecular flexibility index (Phi) is 15.8. The van der Waals surface area contributed by atoms with Gasteiger partial charge < -0.3 is 18.9 Å². The lowest BCUT2D eigenvalue weighted by molar-refractivity contribution is -0.138. The molecule has 2 unspecified atom stereocenters. The van der Waals surface area contributed by atoms with Crippen molar-refractivity contribution in [3.05, 3.63) is 53.1 Å². The fourth-order valence-corrected chi connectivity index (χ4v) is 3.50. The van der Waals surface area contributed by atoms with Crippen molar-refractivity contribution in [2.24, 2.45) is 11.8 Å². The Morgan fingerprint density at radius 2 is 1.41 bits per heavy atom. The van der Waals surface area contributed by atoms with Gasteiger partial charge in [-0.05, 0) is 96.3 Å². The Morgan fingerprint density at radius 3 is 1.95 bits per heavy atom. The summed E-state index contributed by atoms with van der Waals surface area (Å²) < 4.78 is 21.3. The third kappa shape index (κ3) is 15.6. The molecule has 2 atom stereocenters. The average molecular weight is 515 g/mol. The lowest BCUT2D eigenvalue weighted by atomic mass is 10.0. The summed E-state index contributed by atoms with van der Waals surface area (Å²) in [5.74, 6) is 1.24. The Hall–Kier alpha value is -3.02. The van der Waals surface area contributed by atoms with Crippen molar-refractivity contribution in [1.29, 1.82) is 0 Å². The highest BCUT2D eigenvalue weighted by Gasteiger charge is 2.12. The number of carbonyl (C=O) groups is 2. The number of hydrogen-bond acceptors (Lipinski definition) is 6. The van der Waals surface area contributed by atoms with E-state index in [1.54, 1.807) is 24.3 Å². The van der Waals surface area contributed by atoms with Gasteiger partial charge in [0.05, 0.1) is 20.3 Å². The van der Waals surface area contributed by atoms with E-state index < -0.39 is 12.1 Å². The van der Waals surface area contributed by atoms with Crippen molar-refractivity contribution < 1.29 is 28.5 Å². The second kappa shape index (κ2) is 18.3. The lowest BCUT2D eigenvalue weighted by Crippen LogP contribution is -2.13. The summed E-state index contributed by atoms with van der Waals surface area (Å²) in [7, 11) is 1.53. The smallest absolute Gasteiger partial charge is 0.497 e. The number of carbonyl (C=O) groups excluding carboxylic acids is 2. The minimum atomic E-state index is -0.788. The predicted octanol–water partition coefficient (Wildman–Crippen LogP) is 8.31. The molecule has 1 aromatic carbocycles. The number of benzene rings is 1. The third-order valence-corrected chi connectivity index (χ3v) is 5.92. The van der Waals surface area contributed by atoms with Crippen molar-refractivity contribution >= 4 is 18.2 Å². The summed E-state index contributed by atoms with van der Waals surface area (Å²) in [6, 6.07) is 5.02. The van der Waals surface area contributed by atoms with Crippen molar-refractivity contribution in [3.8, 4) is 11.5 Å². The predicted molar refractivity (Wildman–Crippen MR) is 150 cm³/mol. The van der Waals surface area contributed by atoms with E-state index in [-0.39, 0.29) is 12.4 Å². The van der Waals surface area contributed by atoms with Gasteiger partial charge in [0, 0.05) is 17.7 Å². The molecule has 1 rings (SSSR count). The first-order chi connectivity index (χ1) is 17.6. The maximum atomic E-state index is 12.3. The minimum Gasteiger partial charge on any atom is -0.497 e. The molecule has 206 valence electrons. The van der Waals surface area contributed by atoms with Crippen molar-refractivity contribution in [2.75, 3.05) is 20.3 Å². The van der Waals surface area contributed by atoms with Gasteiger partial charge in [0.25, 0.3) is 0 Å². The molecule has 0 saturated heterocycles. The summed E-state index contributed by atoms with van der Waals surface area (Å²) in [6.07, 6.45) is 12.3. The van der Waals surface area contributed by atoms with Crippen LogP contribution >= 0.6 is 0 Å². The Bertz CT molecular complexity index is 920. The molecule has 0 aliphatic carbocycles. The molecule has 0 radical (unpaired) electrons. The van der Waals surface area contributed by atoms with E-state index in [9.17, 15) is 9.59 Å². The van der Waals surface area contributed by atoms with Crippen molar-refractivity contribution in [1.82, 2.24) is 0 Å². The Balaban J connectivity index is 2.57. The van der Waals surface area contributed by atoms with Gasteiger partial charge in [-0.15, -0.1) is 0 Å². The van der Waals surface area contributed by atoms with Crippen LogP contribution in [0.5, 0.6) is 11.5 Å². The zero-order valence-corrected chi connectivity index (χ0v) is 23.8. The molecule has 37 heavy (non-hydrogen) atoms. The zero-order chi connectivity index (χ0) is 27.6. The van der Waals surface area contributed by atoms with Crippen LogP contribution in [-0.4, -0.2) is 32.4 Å². The topological polar surface area (TPSA) is 71.1 Å². The summed E-state index contributed by atoms with van der Waals surface area (Å²) in [4.78, 5) is 24.5. The molecule has 0 aliphatic heterocycles.